The van der Waals surface area contributed by atoms with Crippen LogP contribution < -0.4 is 31.3 Å². The summed E-state index contributed by atoms with van der Waals surface area (Å²) in [4.78, 5) is 6.39. The molecule has 1 aromatic heterocycles. The molecular weight excluding hydrogens is 464 g/mol. The number of aromatic amines is 1. The number of rotatable bonds is 11. The third-order valence-corrected chi connectivity index (χ3v) is 8.75. The number of hydrogen-bond donors (Lipinski definition) is 5. The summed E-state index contributed by atoms with van der Waals surface area (Å²) in [5.74, 6) is 1.34. The van der Waals surface area contributed by atoms with Gasteiger partial charge in [0.15, 0.2) is 0 Å². The third-order valence-electron chi connectivity index (χ3n) is 6.21. The van der Waals surface area contributed by atoms with E-state index in [0.29, 0.717) is 12.5 Å². The van der Waals surface area contributed by atoms with Crippen molar-refractivity contribution in [3.8, 4) is 5.75 Å². The highest BCUT2D eigenvalue weighted by Gasteiger charge is 2.38. The highest BCUT2D eigenvalue weighted by atomic mass is 31.1. The van der Waals surface area contributed by atoms with Gasteiger partial charge in [0.1, 0.15) is 11.6 Å². The molecule has 1 aliphatic carbocycles. The molecule has 34 heavy (non-hydrogen) atoms. The summed E-state index contributed by atoms with van der Waals surface area (Å²) in [6.45, 7) is 6.37. The van der Waals surface area contributed by atoms with Gasteiger partial charge in [-0.1, -0.05) is 14.0 Å². The minimum atomic E-state index is -4.50. The smallest absolute Gasteiger partial charge is 0.418 e. The lowest BCUT2D eigenvalue weighted by molar-refractivity contribution is -0.138. The molecule has 7 nitrogen and oxygen atoms in total. The molecule has 2 aromatic rings. The van der Waals surface area contributed by atoms with Gasteiger partial charge >= 0.3 is 6.18 Å². The number of alkyl halides is 3. The van der Waals surface area contributed by atoms with Crippen LogP contribution in [0.3, 0.4) is 0 Å². The van der Waals surface area contributed by atoms with Gasteiger partial charge in [0.05, 0.1) is 31.2 Å². The predicted octanol–water partition coefficient (Wildman–Crippen LogP) is 3.74. The number of aliphatic imine (C=N–C) groups is 1. The molecule has 2 heterocycles. The van der Waals surface area contributed by atoms with Gasteiger partial charge in [0.2, 0.25) is 0 Å². The van der Waals surface area contributed by atoms with Gasteiger partial charge in [-0.3, -0.25) is 10.6 Å². The van der Waals surface area contributed by atoms with Gasteiger partial charge in [0, 0.05) is 11.8 Å². The lowest BCUT2D eigenvalue weighted by Crippen LogP contribution is -2.39. The van der Waals surface area contributed by atoms with E-state index in [9.17, 15) is 13.2 Å². The Morgan fingerprint density at radius 2 is 2.00 bits per heavy atom. The standard InChI is InChI=1S/C23H32F3N6OP/c1-27-21-20(17(13-30-21)23(24,25)26)22(29-12-15-3-4-15)32-14-31-18-6-5-16(11-19(18)33-2)34-9-7-28-8-10-34/h5-6,11,13,15,22,28-32H,1,3-4,7-10,12,14H2,2H3. The second kappa shape index (κ2) is 11.1. The summed E-state index contributed by atoms with van der Waals surface area (Å²) in [6, 6.07) is 6.19. The van der Waals surface area contributed by atoms with Gasteiger partial charge in [-0.2, -0.15) is 13.2 Å². The molecule has 186 valence electrons. The maximum atomic E-state index is 13.7. The largest absolute Gasteiger partial charge is 0.495 e. The van der Waals surface area contributed by atoms with Crippen LogP contribution in [0.5, 0.6) is 5.75 Å². The second-order valence-corrected chi connectivity index (χ2v) is 11.1. The summed E-state index contributed by atoms with van der Waals surface area (Å²) in [7, 11) is 1.43. The maximum Gasteiger partial charge on any atom is 0.418 e. The second-order valence-electron chi connectivity index (χ2n) is 8.58. The number of halogens is 3. The Morgan fingerprint density at radius 1 is 1.24 bits per heavy atom. The molecule has 1 atom stereocenters. The van der Waals surface area contributed by atoms with Crippen LogP contribution in [0.25, 0.3) is 0 Å². The van der Waals surface area contributed by atoms with E-state index in [4.69, 9.17) is 4.74 Å². The third kappa shape index (κ3) is 6.10. The zero-order valence-electron chi connectivity index (χ0n) is 19.3. The number of methoxy groups -OCH3 is 1. The molecule has 2 aliphatic rings. The van der Waals surface area contributed by atoms with E-state index in [0.717, 1.165) is 55.9 Å². The quantitative estimate of drug-likeness (QED) is 0.186. The highest BCUT2D eigenvalue weighted by Crippen LogP contribution is 2.40. The molecule has 0 radical (unpaired) electrons. The van der Waals surface area contributed by atoms with E-state index >= 15 is 0 Å². The fourth-order valence-electron chi connectivity index (χ4n) is 4.16. The first-order valence-corrected chi connectivity index (χ1v) is 13.2. The lowest BCUT2D eigenvalue weighted by Gasteiger charge is -2.25. The van der Waals surface area contributed by atoms with Gasteiger partial charge in [-0.05, 0) is 74.9 Å². The van der Waals surface area contributed by atoms with Crippen molar-refractivity contribution in [2.24, 2.45) is 10.9 Å². The van der Waals surface area contributed by atoms with Gasteiger partial charge in [0.25, 0.3) is 0 Å². The number of aromatic nitrogens is 1. The number of ether oxygens (including phenoxy) is 1. The number of hydrogen-bond acceptors (Lipinski definition) is 6. The molecule has 1 aromatic carbocycles. The average molecular weight is 497 g/mol. The van der Waals surface area contributed by atoms with Crippen LogP contribution in [0.2, 0.25) is 0 Å². The van der Waals surface area contributed by atoms with Crippen molar-refractivity contribution >= 4 is 31.4 Å². The zero-order valence-corrected chi connectivity index (χ0v) is 20.2. The predicted molar refractivity (Wildman–Crippen MR) is 132 cm³/mol. The SMILES string of the molecule is C=Nc1[nH]cc(C(F)(F)F)c1C(NCNc1ccc(P2CCNCC2)cc1OC)NCC1CC1. The minimum absolute atomic E-state index is 0.0287. The van der Waals surface area contributed by atoms with Gasteiger partial charge < -0.3 is 20.4 Å². The molecule has 5 N–H and O–H groups in total. The van der Waals surface area contributed by atoms with Crippen molar-refractivity contribution < 1.29 is 17.9 Å². The molecule has 2 fully saturated rings. The Morgan fingerprint density at radius 3 is 2.65 bits per heavy atom. The highest BCUT2D eigenvalue weighted by molar-refractivity contribution is 7.65. The fourth-order valence-corrected chi connectivity index (χ4v) is 6.34. The zero-order chi connectivity index (χ0) is 24.1. The van der Waals surface area contributed by atoms with Crippen molar-refractivity contribution in [2.75, 3.05) is 51.1 Å². The normalized spacial score (nSPS) is 18.0. The van der Waals surface area contributed by atoms with Crippen LogP contribution >= 0.6 is 7.92 Å². The van der Waals surface area contributed by atoms with Crippen LogP contribution in [0, 0.1) is 5.92 Å². The average Bonchev–Trinajstić information content (AvgIpc) is 3.56. The molecule has 1 aliphatic heterocycles. The van der Waals surface area contributed by atoms with E-state index in [1.165, 1.54) is 5.30 Å². The number of benzene rings is 1. The van der Waals surface area contributed by atoms with Gasteiger partial charge in [-0.15, -0.1) is 0 Å². The van der Waals surface area contributed by atoms with Crippen LogP contribution in [-0.2, 0) is 6.18 Å². The van der Waals surface area contributed by atoms with Crippen molar-refractivity contribution in [3.05, 3.63) is 35.5 Å². The van der Waals surface area contributed by atoms with Crippen molar-refractivity contribution in [2.45, 2.75) is 25.2 Å². The summed E-state index contributed by atoms with van der Waals surface area (Å²) in [6.07, 6.45) is 0.180. The van der Waals surface area contributed by atoms with Crippen LogP contribution in [-0.4, -0.2) is 57.4 Å². The van der Waals surface area contributed by atoms with Gasteiger partial charge in [-0.25, -0.2) is 4.99 Å². The molecule has 11 heteroatoms. The molecular formula is C23H32F3N6OP. The topological polar surface area (TPSA) is 85.5 Å². The molecule has 1 saturated heterocycles. The minimum Gasteiger partial charge on any atom is -0.495 e. The number of nitrogens with zero attached hydrogens (tertiary/aromatic N) is 1. The molecule has 4 rings (SSSR count). The summed E-state index contributed by atoms with van der Waals surface area (Å²) < 4.78 is 46.6. The van der Waals surface area contributed by atoms with Crippen LogP contribution in [0.4, 0.5) is 24.7 Å². The maximum absolute atomic E-state index is 13.7. The van der Waals surface area contributed by atoms with Crippen molar-refractivity contribution in [1.29, 1.82) is 0 Å². The van der Waals surface area contributed by atoms with E-state index in [1.54, 1.807) is 7.11 Å². The van der Waals surface area contributed by atoms with E-state index in [1.807, 2.05) is 6.07 Å². The van der Waals surface area contributed by atoms with E-state index in [-0.39, 0.29) is 26.0 Å². The number of anilines is 1. The monoisotopic (exact) mass is 496 g/mol. The Labute approximate surface area is 199 Å². The first-order chi connectivity index (χ1) is 16.4. The summed E-state index contributed by atoms with van der Waals surface area (Å²) in [5.41, 5.74) is 0.0693. The molecule has 1 saturated carbocycles. The first kappa shape index (κ1) is 25.0. The summed E-state index contributed by atoms with van der Waals surface area (Å²) >= 11 is 0. The summed E-state index contributed by atoms with van der Waals surface area (Å²) in [5, 5.41) is 14.4. The Kier molecular flexibility index (Phi) is 8.14. The van der Waals surface area contributed by atoms with Crippen molar-refractivity contribution in [3.63, 3.8) is 0 Å². The van der Waals surface area contributed by atoms with Crippen molar-refractivity contribution in [1.82, 2.24) is 20.9 Å². The van der Waals surface area contributed by atoms with Crippen LogP contribution in [0.1, 0.15) is 30.1 Å². The van der Waals surface area contributed by atoms with E-state index < -0.39 is 17.9 Å². The molecule has 0 spiro atoms. The first-order valence-electron chi connectivity index (χ1n) is 11.5. The number of nitrogens with one attached hydrogen (secondary N) is 5. The molecule has 1 unspecified atom stereocenters. The number of H-pyrrole nitrogens is 1. The van der Waals surface area contributed by atoms with E-state index in [2.05, 4.69) is 50.1 Å². The molecule has 0 amide bonds. The Hall–Kier alpha value is -2.13. The lowest BCUT2D eigenvalue weighted by atomic mass is 10.1. The molecule has 0 bridgehead atoms. The fraction of sp³-hybridized carbons (Fsp3) is 0.522. The van der Waals surface area contributed by atoms with Crippen LogP contribution in [0.15, 0.2) is 29.4 Å². The Balaban J connectivity index is 1.47. The Bertz CT molecular complexity index is 972.